The zero-order valence-corrected chi connectivity index (χ0v) is 13.0. The third kappa shape index (κ3) is 2.63. The van der Waals surface area contributed by atoms with Crippen LogP contribution in [0.25, 0.3) is 27.6 Å². The number of hydrogen-bond donors (Lipinski definition) is 2. The van der Waals surface area contributed by atoms with Crippen LogP contribution in [0.2, 0.25) is 0 Å². The lowest BCUT2D eigenvalue weighted by Gasteiger charge is -2.07. The van der Waals surface area contributed by atoms with Crippen molar-refractivity contribution >= 4 is 16.5 Å². The van der Waals surface area contributed by atoms with Gasteiger partial charge in [0.1, 0.15) is 0 Å². The lowest BCUT2D eigenvalue weighted by atomic mass is 9.98. The van der Waals surface area contributed by atoms with Crippen molar-refractivity contribution in [3.63, 3.8) is 0 Å². The Morgan fingerprint density at radius 1 is 1.09 bits per heavy atom. The average Bonchev–Trinajstić information content (AvgIpc) is 3.18. The van der Waals surface area contributed by atoms with E-state index in [1.54, 1.807) is 0 Å². The summed E-state index contributed by atoms with van der Waals surface area (Å²) in [6.45, 7) is 2.17. The van der Waals surface area contributed by atoms with E-state index in [0.29, 0.717) is 0 Å². The summed E-state index contributed by atoms with van der Waals surface area (Å²) in [6.07, 6.45) is 14.6. The molecular formula is C19H18N4. The van der Waals surface area contributed by atoms with Crippen LogP contribution in [0, 0.1) is 0 Å². The van der Waals surface area contributed by atoms with Crippen LogP contribution < -0.4 is 0 Å². The Morgan fingerprint density at radius 3 is 2.96 bits per heavy atom. The Labute approximate surface area is 134 Å². The third-order valence-corrected chi connectivity index (χ3v) is 4.24. The molecular weight excluding hydrogens is 284 g/mol. The zero-order chi connectivity index (χ0) is 15.6. The molecule has 0 radical (unpaired) electrons. The molecule has 1 aliphatic rings. The second kappa shape index (κ2) is 5.72. The summed E-state index contributed by atoms with van der Waals surface area (Å²) >= 11 is 0. The van der Waals surface area contributed by atoms with E-state index in [1.807, 2.05) is 12.4 Å². The van der Waals surface area contributed by atoms with E-state index >= 15 is 0 Å². The first-order valence-electron chi connectivity index (χ1n) is 7.82. The molecule has 4 nitrogen and oxygen atoms in total. The normalized spacial score (nSPS) is 21.1. The van der Waals surface area contributed by atoms with Gasteiger partial charge in [-0.05, 0) is 43.0 Å². The van der Waals surface area contributed by atoms with Crippen LogP contribution in [-0.2, 0) is 0 Å². The predicted molar refractivity (Wildman–Crippen MR) is 93.8 cm³/mol. The summed E-state index contributed by atoms with van der Waals surface area (Å²) in [7, 11) is 0. The minimum Gasteiger partial charge on any atom is -0.278 e. The smallest absolute Gasteiger partial charge is 0.0725 e. The average molecular weight is 302 g/mol. The number of nitrogens with zero attached hydrogens (tertiary/aromatic N) is 2. The summed E-state index contributed by atoms with van der Waals surface area (Å²) in [4.78, 5) is 0. The van der Waals surface area contributed by atoms with Crippen molar-refractivity contribution in [1.82, 2.24) is 20.4 Å². The molecule has 0 unspecified atom stereocenters. The summed E-state index contributed by atoms with van der Waals surface area (Å²) in [5.74, 6) is 0. The topological polar surface area (TPSA) is 57.4 Å². The summed E-state index contributed by atoms with van der Waals surface area (Å²) in [5, 5.41) is 15.6. The third-order valence-electron chi connectivity index (χ3n) is 4.24. The van der Waals surface area contributed by atoms with Crippen LogP contribution >= 0.6 is 0 Å². The van der Waals surface area contributed by atoms with Crippen molar-refractivity contribution in [2.75, 3.05) is 0 Å². The number of hydrogen-bond acceptors (Lipinski definition) is 2. The lowest BCUT2D eigenvalue weighted by Crippen LogP contribution is -1.89. The number of benzene rings is 1. The second-order valence-electron chi connectivity index (χ2n) is 5.90. The van der Waals surface area contributed by atoms with Gasteiger partial charge in [-0.3, -0.25) is 10.2 Å². The van der Waals surface area contributed by atoms with Gasteiger partial charge in [0.05, 0.1) is 23.6 Å². The first kappa shape index (κ1) is 13.8. The second-order valence-corrected chi connectivity index (χ2v) is 5.90. The van der Waals surface area contributed by atoms with Gasteiger partial charge in [0, 0.05) is 10.9 Å². The Hall–Kier alpha value is -2.88. The number of aromatic nitrogens is 4. The molecule has 0 saturated carbocycles. The number of aromatic amines is 2. The van der Waals surface area contributed by atoms with Crippen molar-refractivity contribution in [3.05, 3.63) is 66.2 Å². The zero-order valence-electron chi connectivity index (χ0n) is 13.0. The molecule has 4 rings (SSSR count). The van der Waals surface area contributed by atoms with E-state index in [-0.39, 0.29) is 0 Å². The molecule has 0 fully saturated rings. The van der Waals surface area contributed by atoms with Gasteiger partial charge in [-0.15, -0.1) is 0 Å². The molecule has 0 bridgehead atoms. The molecule has 0 amide bonds. The summed E-state index contributed by atoms with van der Waals surface area (Å²) < 4.78 is 0. The van der Waals surface area contributed by atoms with Crippen LogP contribution in [-0.4, -0.2) is 20.4 Å². The highest BCUT2D eigenvalue weighted by molar-refractivity contribution is 5.88. The predicted octanol–water partition coefficient (Wildman–Crippen LogP) is 4.63. The van der Waals surface area contributed by atoms with Crippen LogP contribution in [0.1, 0.15) is 25.5 Å². The van der Waals surface area contributed by atoms with E-state index in [0.717, 1.165) is 40.6 Å². The molecule has 2 N–H and O–H groups in total. The highest BCUT2D eigenvalue weighted by atomic mass is 15.1. The lowest BCUT2D eigenvalue weighted by molar-refractivity contribution is 0.975. The highest BCUT2D eigenvalue weighted by Crippen LogP contribution is 2.30. The van der Waals surface area contributed by atoms with E-state index < -0.39 is 0 Å². The van der Waals surface area contributed by atoms with E-state index in [4.69, 9.17) is 0 Å². The van der Waals surface area contributed by atoms with Gasteiger partial charge >= 0.3 is 0 Å². The van der Waals surface area contributed by atoms with E-state index in [2.05, 4.69) is 69.8 Å². The molecule has 1 aromatic carbocycles. The molecule has 0 spiro atoms. The maximum atomic E-state index is 4.27. The van der Waals surface area contributed by atoms with E-state index in [9.17, 15) is 0 Å². The Morgan fingerprint density at radius 2 is 2.00 bits per heavy atom. The van der Waals surface area contributed by atoms with Crippen molar-refractivity contribution in [2.24, 2.45) is 0 Å². The Bertz CT molecular complexity index is 937. The molecule has 23 heavy (non-hydrogen) atoms. The molecule has 0 atom stereocenters. The standard InChI is InChI=1S/C19H18N4/c1-13-4-2-6-14(7-3-5-13)19-17(12-21-23-19)15-8-9-18-16(10-15)11-20-22-18/h2,4,6-12H,3,5H2,1H3,(H,20,22)(H,21,23)/b6-2-,13-4-,14-7+. The van der Waals surface area contributed by atoms with Gasteiger partial charge in [0.25, 0.3) is 0 Å². The molecule has 0 saturated heterocycles. The van der Waals surface area contributed by atoms with Crippen molar-refractivity contribution in [2.45, 2.75) is 19.8 Å². The van der Waals surface area contributed by atoms with Crippen molar-refractivity contribution < 1.29 is 0 Å². The first-order valence-corrected chi connectivity index (χ1v) is 7.82. The fourth-order valence-corrected chi connectivity index (χ4v) is 2.94. The fraction of sp³-hybridized carbons (Fsp3) is 0.158. The van der Waals surface area contributed by atoms with Crippen LogP contribution in [0.3, 0.4) is 0 Å². The van der Waals surface area contributed by atoms with Gasteiger partial charge in [-0.25, -0.2) is 0 Å². The molecule has 4 heteroatoms. The number of H-pyrrole nitrogens is 2. The molecule has 114 valence electrons. The van der Waals surface area contributed by atoms with Crippen LogP contribution in [0.5, 0.6) is 0 Å². The van der Waals surface area contributed by atoms with Gasteiger partial charge < -0.3 is 0 Å². The molecule has 0 aliphatic heterocycles. The summed E-state index contributed by atoms with van der Waals surface area (Å²) in [5.41, 5.74) is 6.97. The number of fused-ring (bicyclic) bond motifs is 1. The van der Waals surface area contributed by atoms with Crippen molar-refractivity contribution in [3.8, 4) is 11.1 Å². The maximum absolute atomic E-state index is 4.27. The quantitative estimate of drug-likeness (QED) is 0.725. The van der Waals surface area contributed by atoms with Crippen molar-refractivity contribution in [1.29, 1.82) is 0 Å². The molecule has 2 aromatic heterocycles. The van der Waals surface area contributed by atoms with Gasteiger partial charge in [0.2, 0.25) is 0 Å². The molecule has 3 aromatic rings. The minimum atomic E-state index is 1.04. The molecule has 2 heterocycles. The molecule has 1 aliphatic carbocycles. The SMILES string of the molecule is C/C1=C/C=C\C(c2[nH]ncc2-c2ccc3[nH]ncc3c2)=C/CC1. The summed E-state index contributed by atoms with van der Waals surface area (Å²) in [6, 6.07) is 6.31. The van der Waals surface area contributed by atoms with Crippen LogP contribution in [0.4, 0.5) is 0 Å². The van der Waals surface area contributed by atoms with Gasteiger partial charge in [-0.2, -0.15) is 10.2 Å². The fourth-order valence-electron chi connectivity index (χ4n) is 2.94. The largest absolute Gasteiger partial charge is 0.278 e. The minimum absolute atomic E-state index is 1.04. The maximum Gasteiger partial charge on any atom is 0.0725 e. The Balaban J connectivity index is 1.77. The van der Waals surface area contributed by atoms with Crippen LogP contribution in [0.15, 0.2) is 60.5 Å². The Kier molecular flexibility index (Phi) is 3.42. The number of rotatable bonds is 2. The monoisotopic (exact) mass is 302 g/mol. The highest BCUT2D eigenvalue weighted by Gasteiger charge is 2.12. The number of allylic oxidation sites excluding steroid dienone is 6. The van der Waals surface area contributed by atoms with Gasteiger partial charge in [-0.1, -0.05) is 35.9 Å². The van der Waals surface area contributed by atoms with E-state index in [1.165, 1.54) is 11.1 Å². The van der Waals surface area contributed by atoms with Gasteiger partial charge in [0.15, 0.2) is 0 Å². The number of nitrogens with one attached hydrogen (secondary N) is 2. The first-order chi connectivity index (χ1) is 11.3.